The second kappa shape index (κ2) is 8.27. The van der Waals surface area contributed by atoms with E-state index in [1.807, 2.05) is 18.2 Å². The maximum Gasteiger partial charge on any atom is 0.225 e. The minimum Gasteiger partial charge on any atom is -0.356 e. The number of rotatable bonds is 5. The third-order valence-electron chi connectivity index (χ3n) is 5.99. The minimum atomic E-state index is 0.0746. The van der Waals surface area contributed by atoms with E-state index in [2.05, 4.69) is 65.1 Å². The van der Waals surface area contributed by atoms with E-state index in [0.717, 1.165) is 18.1 Å². The fourth-order valence-electron chi connectivity index (χ4n) is 4.13. The van der Waals surface area contributed by atoms with Crippen LogP contribution in [-0.2, 0) is 4.79 Å². The second-order valence-electron chi connectivity index (χ2n) is 8.40. The SMILES string of the molecule is CN=C(NCC1CC(=O)Nc2ccccc21)NC1CC1c1ccc(C(C)C)cc1. The van der Waals surface area contributed by atoms with Gasteiger partial charge in [0.25, 0.3) is 0 Å². The molecule has 0 radical (unpaired) electrons. The molecule has 4 rings (SSSR count). The summed E-state index contributed by atoms with van der Waals surface area (Å²) in [6.07, 6.45) is 1.62. The Bertz CT molecular complexity index is 903. The molecule has 29 heavy (non-hydrogen) atoms. The summed E-state index contributed by atoms with van der Waals surface area (Å²) in [6.45, 7) is 5.13. The van der Waals surface area contributed by atoms with Crippen molar-refractivity contribution in [3.63, 3.8) is 0 Å². The van der Waals surface area contributed by atoms with Gasteiger partial charge in [0.1, 0.15) is 0 Å². The number of aliphatic imine (C=N–C) groups is 1. The highest BCUT2D eigenvalue weighted by Crippen LogP contribution is 2.41. The van der Waals surface area contributed by atoms with Crippen LogP contribution in [0, 0.1) is 0 Å². The van der Waals surface area contributed by atoms with Gasteiger partial charge in [-0.05, 0) is 35.1 Å². The number of carbonyl (C=O) groups excluding carboxylic acids is 1. The van der Waals surface area contributed by atoms with Crippen molar-refractivity contribution < 1.29 is 4.79 Å². The summed E-state index contributed by atoms with van der Waals surface area (Å²) in [4.78, 5) is 16.4. The Labute approximate surface area is 173 Å². The highest BCUT2D eigenvalue weighted by Gasteiger charge is 2.39. The van der Waals surface area contributed by atoms with E-state index in [0.29, 0.717) is 30.8 Å². The number of hydrogen-bond donors (Lipinski definition) is 3. The second-order valence-corrected chi connectivity index (χ2v) is 8.40. The lowest BCUT2D eigenvalue weighted by atomic mass is 9.90. The summed E-state index contributed by atoms with van der Waals surface area (Å²) < 4.78 is 0. The average Bonchev–Trinajstić information content (AvgIpc) is 3.50. The number of carbonyl (C=O) groups is 1. The van der Waals surface area contributed by atoms with Crippen LogP contribution >= 0.6 is 0 Å². The van der Waals surface area contributed by atoms with Gasteiger partial charge in [-0.2, -0.15) is 0 Å². The molecule has 0 saturated heterocycles. The number of anilines is 1. The zero-order valence-corrected chi connectivity index (χ0v) is 17.4. The summed E-state index contributed by atoms with van der Waals surface area (Å²) in [5.41, 5.74) is 4.88. The van der Waals surface area contributed by atoms with Crippen molar-refractivity contribution in [2.24, 2.45) is 4.99 Å². The van der Waals surface area contributed by atoms with Gasteiger partial charge >= 0.3 is 0 Å². The molecular weight excluding hydrogens is 360 g/mol. The quantitative estimate of drug-likeness (QED) is 0.535. The molecule has 0 spiro atoms. The molecule has 0 aromatic heterocycles. The number of benzene rings is 2. The van der Waals surface area contributed by atoms with E-state index in [4.69, 9.17) is 0 Å². The average molecular weight is 391 g/mol. The first kappa shape index (κ1) is 19.5. The van der Waals surface area contributed by atoms with Gasteiger partial charge in [-0.15, -0.1) is 0 Å². The largest absolute Gasteiger partial charge is 0.356 e. The number of hydrogen-bond acceptors (Lipinski definition) is 2. The molecule has 3 N–H and O–H groups in total. The smallest absolute Gasteiger partial charge is 0.225 e. The molecule has 2 aromatic rings. The van der Waals surface area contributed by atoms with Crippen molar-refractivity contribution in [2.75, 3.05) is 18.9 Å². The van der Waals surface area contributed by atoms with Crippen LogP contribution in [0.4, 0.5) is 5.69 Å². The minimum absolute atomic E-state index is 0.0746. The normalized spacial score (nSPS) is 23.4. The highest BCUT2D eigenvalue weighted by molar-refractivity contribution is 5.94. The van der Waals surface area contributed by atoms with E-state index in [1.54, 1.807) is 7.05 Å². The molecule has 5 heteroatoms. The molecule has 2 aromatic carbocycles. The first-order valence-electron chi connectivity index (χ1n) is 10.5. The molecule has 152 valence electrons. The lowest BCUT2D eigenvalue weighted by Gasteiger charge is -2.26. The van der Waals surface area contributed by atoms with E-state index < -0.39 is 0 Å². The van der Waals surface area contributed by atoms with Crippen LogP contribution in [0.3, 0.4) is 0 Å². The van der Waals surface area contributed by atoms with Crippen molar-refractivity contribution in [1.29, 1.82) is 0 Å². The molecule has 5 nitrogen and oxygen atoms in total. The Morgan fingerprint density at radius 2 is 1.93 bits per heavy atom. The van der Waals surface area contributed by atoms with Gasteiger partial charge in [-0.25, -0.2) is 0 Å². The van der Waals surface area contributed by atoms with Crippen molar-refractivity contribution >= 4 is 17.6 Å². The number of amides is 1. The van der Waals surface area contributed by atoms with Gasteiger partial charge in [0.15, 0.2) is 5.96 Å². The van der Waals surface area contributed by atoms with Gasteiger partial charge < -0.3 is 16.0 Å². The van der Waals surface area contributed by atoms with Gasteiger partial charge in [0.2, 0.25) is 5.91 Å². The van der Waals surface area contributed by atoms with Gasteiger partial charge in [-0.1, -0.05) is 56.3 Å². The topological polar surface area (TPSA) is 65.5 Å². The third kappa shape index (κ3) is 4.44. The van der Waals surface area contributed by atoms with Gasteiger partial charge in [0.05, 0.1) is 0 Å². The third-order valence-corrected chi connectivity index (χ3v) is 5.99. The maximum atomic E-state index is 12.0. The number of nitrogens with one attached hydrogen (secondary N) is 3. The molecule has 2 aliphatic rings. The predicted molar refractivity (Wildman–Crippen MR) is 119 cm³/mol. The fourth-order valence-corrected chi connectivity index (χ4v) is 4.13. The summed E-state index contributed by atoms with van der Waals surface area (Å²) in [6, 6.07) is 17.5. The lowest BCUT2D eigenvalue weighted by Crippen LogP contribution is -2.42. The summed E-state index contributed by atoms with van der Waals surface area (Å²) >= 11 is 0. The van der Waals surface area contributed by atoms with E-state index >= 15 is 0 Å². The van der Waals surface area contributed by atoms with Crippen LogP contribution in [0.5, 0.6) is 0 Å². The molecule has 0 bridgehead atoms. The number of nitrogens with zero attached hydrogens (tertiary/aromatic N) is 1. The zero-order chi connectivity index (χ0) is 20.4. The molecule has 3 atom stereocenters. The molecule has 1 amide bonds. The molecule has 1 fully saturated rings. The molecule has 1 aliphatic carbocycles. The van der Waals surface area contributed by atoms with Crippen molar-refractivity contribution in [3.05, 3.63) is 65.2 Å². The molecule has 1 aliphatic heterocycles. The fraction of sp³-hybridized carbons (Fsp3) is 0.417. The zero-order valence-electron chi connectivity index (χ0n) is 17.4. The highest BCUT2D eigenvalue weighted by atomic mass is 16.1. The predicted octanol–water partition coefficient (Wildman–Crippen LogP) is 3.96. The van der Waals surface area contributed by atoms with Crippen LogP contribution in [0.1, 0.15) is 61.1 Å². The van der Waals surface area contributed by atoms with Crippen LogP contribution in [0.2, 0.25) is 0 Å². The Morgan fingerprint density at radius 3 is 2.66 bits per heavy atom. The Balaban J connectivity index is 1.33. The first-order valence-corrected chi connectivity index (χ1v) is 10.5. The van der Waals surface area contributed by atoms with Crippen molar-refractivity contribution in [3.8, 4) is 0 Å². The Hall–Kier alpha value is -2.82. The monoisotopic (exact) mass is 390 g/mol. The Morgan fingerprint density at radius 1 is 1.17 bits per heavy atom. The first-order chi connectivity index (χ1) is 14.0. The standard InChI is InChI=1S/C24H30N4O/c1-15(2)16-8-10-17(11-9-16)20-13-22(20)28-24(25-3)26-14-18-12-23(29)27-21-7-5-4-6-19(18)21/h4-11,15,18,20,22H,12-14H2,1-3H3,(H,27,29)(H2,25,26,28). The Kier molecular flexibility index (Phi) is 5.56. The van der Waals surface area contributed by atoms with Crippen LogP contribution in [-0.4, -0.2) is 31.5 Å². The molecule has 3 unspecified atom stereocenters. The van der Waals surface area contributed by atoms with Crippen LogP contribution in [0.25, 0.3) is 0 Å². The maximum absolute atomic E-state index is 12.0. The summed E-state index contributed by atoms with van der Waals surface area (Å²) in [7, 11) is 1.80. The van der Waals surface area contributed by atoms with E-state index in [9.17, 15) is 4.79 Å². The molecule has 1 saturated carbocycles. The van der Waals surface area contributed by atoms with Gasteiger partial charge in [0, 0.05) is 43.6 Å². The van der Waals surface area contributed by atoms with Crippen LogP contribution < -0.4 is 16.0 Å². The van der Waals surface area contributed by atoms with Gasteiger partial charge in [-0.3, -0.25) is 9.79 Å². The lowest BCUT2D eigenvalue weighted by molar-refractivity contribution is -0.116. The van der Waals surface area contributed by atoms with E-state index in [1.165, 1.54) is 16.7 Å². The summed E-state index contributed by atoms with van der Waals surface area (Å²) in [5, 5.41) is 9.92. The molecular formula is C24H30N4O. The van der Waals surface area contributed by atoms with Crippen molar-refractivity contribution in [1.82, 2.24) is 10.6 Å². The number of guanidine groups is 1. The van der Waals surface area contributed by atoms with Crippen LogP contribution in [0.15, 0.2) is 53.5 Å². The molecule has 1 heterocycles. The summed E-state index contributed by atoms with van der Waals surface area (Å²) in [5.74, 6) is 2.13. The van der Waals surface area contributed by atoms with E-state index in [-0.39, 0.29) is 11.8 Å². The number of fused-ring (bicyclic) bond motifs is 1. The number of para-hydroxylation sites is 1. The van der Waals surface area contributed by atoms with Crippen molar-refractivity contribution in [2.45, 2.75) is 50.5 Å².